The van der Waals surface area contributed by atoms with Gasteiger partial charge in [0.15, 0.2) is 6.61 Å². The second-order valence-electron chi connectivity index (χ2n) is 4.42. The number of ether oxygens (including phenoxy) is 2. The van der Waals surface area contributed by atoms with Crippen LogP contribution in [0.15, 0.2) is 46.9 Å². The van der Waals surface area contributed by atoms with E-state index in [0.29, 0.717) is 11.5 Å². The van der Waals surface area contributed by atoms with Crippen molar-refractivity contribution in [3.8, 4) is 11.5 Å². The molecule has 0 spiro atoms. The Hall–Kier alpha value is -2.41. The molecule has 22 heavy (non-hydrogen) atoms. The molecule has 0 atom stereocenters. The van der Waals surface area contributed by atoms with Crippen molar-refractivity contribution in [2.45, 2.75) is 6.92 Å². The summed E-state index contributed by atoms with van der Waals surface area (Å²) >= 11 is 3.36. The third-order valence-electron chi connectivity index (χ3n) is 2.77. The average molecular weight is 366 g/mol. The standard InChI is InChI=1S/C15H12BrNO5/c1-10-8-13(6-7-14(10)16)22-15(18)9-21-12-4-2-11(3-5-12)17(19)20/h2-8H,9H2,1H3. The Morgan fingerprint density at radius 2 is 1.82 bits per heavy atom. The van der Waals surface area contributed by atoms with Gasteiger partial charge in [-0.2, -0.15) is 0 Å². The van der Waals surface area contributed by atoms with Crippen molar-refractivity contribution in [3.63, 3.8) is 0 Å². The van der Waals surface area contributed by atoms with Gasteiger partial charge in [0.2, 0.25) is 0 Å². The lowest BCUT2D eigenvalue weighted by atomic mass is 10.2. The van der Waals surface area contributed by atoms with Crippen LogP contribution in [0, 0.1) is 17.0 Å². The minimum absolute atomic E-state index is 0.0414. The van der Waals surface area contributed by atoms with E-state index in [-0.39, 0.29) is 12.3 Å². The highest BCUT2D eigenvalue weighted by molar-refractivity contribution is 9.10. The molecule has 7 heteroatoms. The van der Waals surface area contributed by atoms with Gasteiger partial charge in [-0.3, -0.25) is 10.1 Å². The molecule has 0 bridgehead atoms. The summed E-state index contributed by atoms with van der Waals surface area (Å²) < 4.78 is 11.3. The average Bonchev–Trinajstić information content (AvgIpc) is 2.49. The van der Waals surface area contributed by atoms with E-state index in [1.54, 1.807) is 18.2 Å². The van der Waals surface area contributed by atoms with Gasteiger partial charge in [-0.15, -0.1) is 0 Å². The van der Waals surface area contributed by atoms with Crippen molar-refractivity contribution in [2.24, 2.45) is 0 Å². The maximum Gasteiger partial charge on any atom is 0.349 e. The van der Waals surface area contributed by atoms with Crippen LogP contribution in [-0.4, -0.2) is 17.5 Å². The number of esters is 1. The number of non-ortho nitro benzene ring substituents is 1. The number of nitrogens with zero attached hydrogens (tertiary/aromatic N) is 1. The number of halogens is 1. The maximum absolute atomic E-state index is 11.7. The van der Waals surface area contributed by atoms with Gasteiger partial charge >= 0.3 is 5.97 Å². The van der Waals surface area contributed by atoms with Crippen LogP contribution in [0.5, 0.6) is 11.5 Å². The molecule has 0 aliphatic carbocycles. The number of nitro benzene ring substituents is 1. The number of hydrogen-bond donors (Lipinski definition) is 0. The highest BCUT2D eigenvalue weighted by Gasteiger charge is 2.09. The summed E-state index contributed by atoms with van der Waals surface area (Å²) in [6.07, 6.45) is 0. The Morgan fingerprint density at radius 1 is 1.18 bits per heavy atom. The van der Waals surface area contributed by atoms with Crippen molar-refractivity contribution in [3.05, 3.63) is 62.6 Å². The second-order valence-corrected chi connectivity index (χ2v) is 5.28. The zero-order chi connectivity index (χ0) is 16.1. The summed E-state index contributed by atoms with van der Waals surface area (Å²) in [5.74, 6) is 0.229. The Kier molecular flexibility index (Phi) is 5.11. The highest BCUT2D eigenvalue weighted by atomic mass is 79.9. The van der Waals surface area contributed by atoms with E-state index in [9.17, 15) is 14.9 Å². The lowest BCUT2D eigenvalue weighted by molar-refractivity contribution is -0.384. The molecule has 0 aliphatic rings. The van der Waals surface area contributed by atoms with Crippen molar-refractivity contribution in [1.29, 1.82) is 0 Å². The van der Waals surface area contributed by atoms with E-state index in [0.717, 1.165) is 10.0 Å². The number of aryl methyl sites for hydroxylation is 1. The molecule has 0 amide bonds. The molecule has 0 N–H and O–H groups in total. The monoisotopic (exact) mass is 365 g/mol. The third kappa shape index (κ3) is 4.29. The van der Waals surface area contributed by atoms with Crippen LogP contribution < -0.4 is 9.47 Å². The largest absolute Gasteiger partial charge is 0.482 e. The summed E-state index contributed by atoms with van der Waals surface area (Å²) in [4.78, 5) is 21.7. The van der Waals surface area contributed by atoms with Crippen molar-refractivity contribution in [1.82, 2.24) is 0 Å². The van der Waals surface area contributed by atoms with Crippen LogP contribution in [0.25, 0.3) is 0 Å². The number of carbonyl (C=O) groups is 1. The molecular weight excluding hydrogens is 354 g/mol. The molecule has 0 aliphatic heterocycles. The lowest BCUT2D eigenvalue weighted by Crippen LogP contribution is -2.17. The zero-order valence-corrected chi connectivity index (χ0v) is 13.2. The van der Waals surface area contributed by atoms with Crippen molar-refractivity contribution < 1.29 is 19.2 Å². The first kappa shape index (κ1) is 16.0. The normalized spacial score (nSPS) is 10.1. The second kappa shape index (κ2) is 7.04. The fourth-order valence-electron chi connectivity index (χ4n) is 1.65. The molecule has 0 radical (unpaired) electrons. The highest BCUT2D eigenvalue weighted by Crippen LogP contribution is 2.22. The van der Waals surface area contributed by atoms with E-state index in [2.05, 4.69) is 15.9 Å². The van der Waals surface area contributed by atoms with E-state index >= 15 is 0 Å². The van der Waals surface area contributed by atoms with Crippen molar-refractivity contribution >= 4 is 27.6 Å². The molecule has 6 nitrogen and oxygen atoms in total. The number of benzene rings is 2. The molecular formula is C15H12BrNO5. The maximum atomic E-state index is 11.7. The van der Waals surface area contributed by atoms with Crippen LogP contribution in [0.1, 0.15) is 5.56 Å². The first-order valence-corrected chi connectivity index (χ1v) is 7.09. The molecule has 2 aromatic rings. The van der Waals surface area contributed by atoms with Crippen LogP contribution >= 0.6 is 15.9 Å². The van der Waals surface area contributed by atoms with E-state index in [1.165, 1.54) is 24.3 Å². The first-order chi connectivity index (χ1) is 10.5. The number of hydrogen-bond acceptors (Lipinski definition) is 5. The number of carbonyl (C=O) groups excluding carboxylic acids is 1. The topological polar surface area (TPSA) is 78.7 Å². The summed E-state index contributed by atoms with van der Waals surface area (Å²) in [5, 5.41) is 10.5. The van der Waals surface area contributed by atoms with Gasteiger partial charge in [-0.25, -0.2) is 4.79 Å². The summed E-state index contributed by atoms with van der Waals surface area (Å²) in [6, 6.07) is 10.6. The Balaban J connectivity index is 1.89. The van der Waals surface area contributed by atoms with Gasteiger partial charge < -0.3 is 9.47 Å². The molecule has 114 valence electrons. The lowest BCUT2D eigenvalue weighted by Gasteiger charge is -2.07. The van der Waals surface area contributed by atoms with Crippen LogP contribution in [0.3, 0.4) is 0 Å². The minimum atomic E-state index is -0.555. The van der Waals surface area contributed by atoms with Gasteiger partial charge in [0.25, 0.3) is 5.69 Å². The molecule has 0 fully saturated rings. The number of rotatable bonds is 5. The zero-order valence-electron chi connectivity index (χ0n) is 11.6. The Labute approximate surface area is 134 Å². The molecule has 0 saturated heterocycles. The first-order valence-electron chi connectivity index (χ1n) is 6.30. The summed E-state index contributed by atoms with van der Waals surface area (Å²) in [5.41, 5.74) is 0.904. The van der Waals surface area contributed by atoms with Crippen LogP contribution in [0.4, 0.5) is 5.69 Å². The third-order valence-corrected chi connectivity index (χ3v) is 3.66. The predicted octanol–water partition coefficient (Wildman–Crippen LogP) is 3.65. The van der Waals surface area contributed by atoms with Crippen molar-refractivity contribution in [2.75, 3.05) is 6.61 Å². The van der Waals surface area contributed by atoms with Gasteiger partial charge in [0, 0.05) is 16.6 Å². The summed E-state index contributed by atoms with van der Waals surface area (Å²) in [6.45, 7) is 1.60. The van der Waals surface area contributed by atoms with E-state index in [1.807, 2.05) is 6.92 Å². The molecule has 0 unspecified atom stereocenters. The Bertz CT molecular complexity index is 700. The van der Waals surface area contributed by atoms with E-state index in [4.69, 9.17) is 9.47 Å². The minimum Gasteiger partial charge on any atom is -0.482 e. The summed E-state index contributed by atoms with van der Waals surface area (Å²) in [7, 11) is 0. The molecule has 2 aromatic carbocycles. The SMILES string of the molecule is Cc1cc(OC(=O)COc2ccc([N+](=O)[O-])cc2)ccc1Br. The molecule has 0 saturated carbocycles. The van der Waals surface area contributed by atoms with Gasteiger partial charge in [0.1, 0.15) is 11.5 Å². The van der Waals surface area contributed by atoms with Crippen LogP contribution in [-0.2, 0) is 4.79 Å². The molecule has 0 aromatic heterocycles. The van der Waals surface area contributed by atoms with Gasteiger partial charge in [-0.1, -0.05) is 15.9 Å². The molecule has 0 heterocycles. The van der Waals surface area contributed by atoms with Gasteiger partial charge in [0.05, 0.1) is 4.92 Å². The number of nitro groups is 1. The quantitative estimate of drug-likeness (QED) is 0.349. The van der Waals surface area contributed by atoms with Gasteiger partial charge in [-0.05, 0) is 42.8 Å². The smallest absolute Gasteiger partial charge is 0.349 e. The van der Waals surface area contributed by atoms with E-state index < -0.39 is 10.9 Å². The fourth-order valence-corrected chi connectivity index (χ4v) is 1.89. The fraction of sp³-hybridized carbons (Fsp3) is 0.133. The Morgan fingerprint density at radius 3 is 2.41 bits per heavy atom. The van der Waals surface area contributed by atoms with Crippen LogP contribution in [0.2, 0.25) is 0 Å². The molecule has 2 rings (SSSR count). The predicted molar refractivity (Wildman–Crippen MR) is 83.1 cm³/mol.